The summed E-state index contributed by atoms with van der Waals surface area (Å²) < 4.78 is 0. The van der Waals surface area contributed by atoms with E-state index in [2.05, 4.69) is 5.32 Å². The van der Waals surface area contributed by atoms with E-state index in [4.69, 9.17) is 5.11 Å². The predicted octanol–water partition coefficient (Wildman–Crippen LogP) is 2.22. The fourth-order valence-corrected chi connectivity index (χ4v) is 3.41. The van der Waals surface area contributed by atoms with Gasteiger partial charge >= 0.3 is 12.0 Å². The van der Waals surface area contributed by atoms with Crippen LogP contribution >= 0.6 is 0 Å². The maximum atomic E-state index is 12.2. The van der Waals surface area contributed by atoms with Gasteiger partial charge in [0, 0.05) is 25.6 Å². The molecule has 2 N–H and O–H groups in total. The monoisotopic (exact) mass is 268 g/mol. The SMILES string of the molecule is O=C(O)CCCNC(=O)N1CCC[C@H]2CCCC[C@H]21. The predicted molar refractivity (Wildman–Crippen MR) is 72.0 cm³/mol. The Kier molecular flexibility index (Phi) is 5.05. The second-order valence-corrected chi connectivity index (χ2v) is 5.68. The summed E-state index contributed by atoms with van der Waals surface area (Å²) in [6.45, 7) is 1.31. The molecule has 2 rings (SSSR count). The summed E-state index contributed by atoms with van der Waals surface area (Å²) in [5.41, 5.74) is 0. The van der Waals surface area contributed by atoms with Crippen LogP contribution in [0.15, 0.2) is 0 Å². The molecule has 0 spiro atoms. The quantitative estimate of drug-likeness (QED) is 0.768. The molecule has 1 saturated heterocycles. The van der Waals surface area contributed by atoms with Crippen molar-refractivity contribution in [2.45, 2.75) is 57.4 Å². The molecular weight excluding hydrogens is 244 g/mol. The van der Waals surface area contributed by atoms with Crippen molar-refractivity contribution in [2.75, 3.05) is 13.1 Å². The van der Waals surface area contributed by atoms with Crippen LogP contribution in [0.5, 0.6) is 0 Å². The van der Waals surface area contributed by atoms with Gasteiger partial charge in [-0.05, 0) is 38.0 Å². The van der Waals surface area contributed by atoms with Crippen molar-refractivity contribution in [1.29, 1.82) is 0 Å². The number of amides is 2. The highest BCUT2D eigenvalue weighted by Crippen LogP contribution is 2.35. The van der Waals surface area contributed by atoms with Crippen LogP contribution in [0.25, 0.3) is 0 Å². The maximum absolute atomic E-state index is 12.2. The maximum Gasteiger partial charge on any atom is 0.317 e. The number of aliphatic carboxylic acids is 1. The first-order chi connectivity index (χ1) is 9.18. The third-order valence-corrected chi connectivity index (χ3v) is 4.35. The summed E-state index contributed by atoms with van der Waals surface area (Å²) in [6, 6.07) is 0.420. The Labute approximate surface area is 114 Å². The zero-order valence-electron chi connectivity index (χ0n) is 11.4. The molecule has 0 unspecified atom stereocenters. The van der Waals surface area contributed by atoms with Crippen LogP contribution in [-0.2, 0) is 4.79 Å². The number of urea groups is 1. The number of likely N-dealkylation sites (tertiary alicyclic amines) is 1. The van der Waals surface area contributed by atoms with E-state index in [1.807, 2.05) is 4.90 Å². The number of piperidine rings is 1. The van der Waals surface area contributed by atoms with Gasteiger partial charge in [0.1, 0.15) is 0 Å². The van der Waals surface area contributed by atoms with E-state index in [1.54, 1.807) is 0 Å². The number of nitrogens with zero attached hydrogens (tertiary/aromatic N) is 1. The summed E-state index contributed by atoms with van der Waals surface area (Å²) in [5.74, 6) is -0.119. The van der Waals surface area contributed by atoms with E-state index in [9.17, 15) is 9.59 Å². The van der Waals surface area contributed by atoms with Crippen LogP contribution in [0.2, 0.25) is 0 Å². The number of carbonyl (C=O) groups excluding carboxylic acids is 1. The summed E-state index contributed by atoms with van der Waals surface area (Å²) in [4.78, 5) is 24.6. The molecule has 0 radical (unpaired) electrons. The first kappa shape index (κ1) is 14.2. The van der Waals surface area contributed by atoms with Crippen molar-refractivity contribution in [3.8, 4) is 0 Å². The van der Waals surface area contributed by atoms with Gasteiger partial charge in [0.2, 0.25) is 0 Å². The lowest BCUT2D eigenvalue weighted by Gasteiger charge is -2.44. The summed E-state index contributed by atoms with van der Waals surface area (Å²) >= 11 is 0. The number of fused-ring (bicyclic) bond motifs is 1. The number of carboxylic acids is 1. The molecule has 2 amide bonds. The molecule has 0 aromatic carbocycles. The Balaban J connectivity index is 1.78. The molecule has 108 valence electrons. The van der Waals surface area contributed by atoms with Gasteiger partial charge < -0.3 is 15.3 Å². The molecule has 2 atom stereocenters. The molecule has 1 saturated carbocycles. The molecule has 5 heteroatoms. The lowest BCUT2D eigenvalue weighted by atomic mass is 9.78. The van der Waals surface area contributed by atoms with Gasteiger partial charge in [-0.3, -0.25) is 4.79 Å². The van der Waals surface area contributed by atoms with E-state index >= 15 is 0 Å². The van der Waals surface area contributed by atoms with Crippen LogP contribution in [0.3, 0.4) is 0 Å². The Morgan fingerprint density at radius 1 is 1.16 bits per heavy atom. The van der Waals surface area contributed by atoms with Crippen molar-refractivity contribution in [3.05, 3.63) is 0 Å². The van der Waals surface area contributed by atoms with Crippen molar-refractivity contribution in [3.63, 3.8) is 0 Å². The van der Waals surface area contributed by atoms with Crippen molar-refractivity contribution in [1.82, 2.24) is 10.2 Å². The lowest BCUT2D eigenvalue weighted by molar-refractivity contribution is -0.137. The van der Waals surface area contributed by atoms with Crippen LogP contribution in [0.1, 0.15) is 51.4 Å². The van der Waals surface area contributed by atoms with E-state index in [1.165, 1.54) is 25.7 Å². The number of carboxylic acid groups (broad SMARTS) is 1. The fourth-order valence-electron chi connectivity index (χ4n) is 3.41. The molecule has 1 aliphatic heterocycles. The lowest BCUT2D eigenvalue weighted by Crippen LogP contribution is -2.53. The number of carbonyl (C=O) groups is 2. The molecule has 19 heavy (non-hydrogen) atoms. The standard InChI is InChI=1S/C14H24N2O3/c17-13(18)8-3-9-15-14(19)16-10-4-6-11-5-1-2-7-12(11)16/h11-12H,1-10H2,(H,15,19)(H,17,18)/t11-,12-/m1/s1. The summed E-state index contributed by atoms with van der Waals surface area (Å²) in [6.07, 6.45) is 7.90. The normalized spacial score (nSPS) is 26.6. The highest BCUT2D eigenvalue weighted by atomic mass is 16.4. The van der Waals surface area contributed by atoms with Crippen molar-refractivity contribution in [2.24, 2.45) is 5.92 Å². The molecule has 5 nitrogen and oxygen atoms in total. The largest absolute Gasteiger partial charge is 0.481 e. The van der Waals surface area contributed by atoms with Crippen LogP contribution in [0.4, 0.5) is 4.79 Å². The first-order valence-corrected chi connectivity index (χ1v) is 7.45. The van der Waals surface area contributed by atoms with Gasteiger partial charge in [0.15, 0.2) is 0 Å². The smallest absolute Gasteiger partial charge is 0.317 e. The molecule has 2 aliphatic rings. The number of hydrogen-bond acceptors (Lipinski definition) is 2. The average molecular weight is 268 g/mol. The van der Waals surface area contributed by atoms with E-state index in [-0.39, 0.29) is 12.5 Å². The summed E-state index contributed by atoms with van der Waals surface area (Å²) in [5, 5.41) is 11.4. The van der Waals surface area contributed by atoms with Gasteiger partial charge in [0.25, 0.3) is 0 Å². The van der Waals surface area contributed by atoms with Crippen LogP contribution in [0, 0.1) is 5.92 Å². The third kappa shape index (κ3) is 3.85. The Morgan fingerprint density at radius 2 is 1.89 bits per heavy atom. The highest BCUT2D eigenvalue weighted by molar-refractivity contribution is 5.74. The topological polar surface area (TPSA) is 69.6 Å². The van der Waals surface area contributed by atoms with Gasteiger partial charge in [-0.15, -0.1) is 0 Å². The number of rotatable bonds is 4. The van der Waals surface area contributed by atoms with Gasteiger partial charge in [0.05, 0.1) is 0 Å². The Bertz CT molecular complexity index is 331. The minimum atomic E-state index is -0.806. The molecular formula is C14H24N2O3. The minimum Gasteiger partial charge on any atom is -0.481 e. The van der Waals surface area contributed by atoms with Gasteiger partial charge in [-0.2, -0.15) is 0 Å². The third-order valence-electron chi connectivity index (χ3n) is 4.35. The number of hydrogen-bond donors (Lipinski definition) is 2. The van der Waals surface area contributed by atoms with Gasteiger partial charge in [-0.25, -0.2) is 4.79 Å². The Hall–Kier alpha value is -1.26. The van der Waals surface area contributed by atoms with Crippen LogP contribution in [-0.4, -0.2) is 41.1 Å². The molecule has 0 aromatic rings. The zero-order valence-corrected chi connectivity index (χ0v) is 11.4. The van der Waals surface area contributed by atoms with E-state index in [0.29, 0.717) is 24.9 Å². The minimum absolute atomic E-state index is 0.00184. The van der Waals surface area contributed by atoms with Crippen molar-refractivity contribution >= 4 is 12.0 Å². The molecule has 2 fully saturated rings. The highest BCUT2D eigenvalue weighted by Gasteiger charge is 2.35. The molecule has 1 heterocycles. The number of nitrogens with one attached hydrogen (secondary N) is 1. The van der Waals surface area contributed by atoms with Gasteiger partial charge in [-0.1, -0.05) is 12.8 Å². The molecule has 1 aliphatic carbocycles. The van der Waals surface area contributed by atoms with Crippen molar-refractivity contribution < 1.29 is 14.7 Å². The Morgan fingerprint density at radius 3 is 2.68 bits per heavy atom. The van der Waals surface area contributed by atoms with E-state index in [0.717, 1.165) is 19.4 Å². The van der Waals surface area contributed by atoms with Crippen LogP contribution < -0.4 is 5.32 Å². The summed E-state index contributed by atoms with van der Waals surface area (Å²) in [7, 11) is 0. The second kappa shape index (κ2) is 6.78. The molecule has 0 aromatic heterocycles. The average Bonchev–Trinajstić information content (AvgIpc) is 2.42. The zero-order chi connectivity index (χ0) is 13.7. The first-order valence-electron chi connectivity index (χ1n) is 7.45. The second-order valence-electron chi connectivity index (χ2n) is 5.68. The molecule has 0 bridgehead atoms. The van der Waals surface area contributed by atoms with E-state index < -0.39 is 5.97 Å². The fraction of sp³-hybridized carbons (Fsp3) is 0.857.